The van der Waals surface area contributed by atoms with Crippen LogP contribution in [0.1, 0.15) is 15.9 Å². The lowest BCUT2D eigenvalue weighted by molar-refractivity contribution is -0.114. The molecule has 5 aromatic rings. The molecule has 0 aromatic heterocycles. The van der Waals surface area contributed by atoms with Crippen molar-refractivity contribution < 1.29 is 14.4 Å². The first-order chi connectivity index (χ1) is 20.4. The molecule has 3 N–H and O–H groups in total. The molecule has 0 saturated carbocycles. The van der Waals surface area contributed by atoms with Gasteiger partial charge < -0.3 is 16.0 Å². The van der Waals surface area contributed by atoms with Gasteiger partial charge in [0.15, 0.2) is 0 Å². The van der Waals surface area contributed by atoms with Crippen molar-refractivity contribution in [2.24, 2.45) is 0 Å². The van der Waals surface area contributed by atoms with Gasteiger partial charge in [-0.05, 0) is 77.0 Å². The Bertz CT molecular complexity index is 1770. The number of thioether (sulfide) groups is 1. The van der Waals surface area contributed by atoms with Crippen LogP contribution >= 0.6 is 23.4 Å². The van der Waals surface area contributed by atoms with E-state index in [4.69, 9.17) is 11.6 Å². The SMILES string of the molecule is O=C(CSc1cccc(NC(=O)/C(=C\c2cccc3ccccc23)NC(=O)c2ccccc2)c1)Nc1ccc(Cl)cc1. The molecule has 0 heterocycles. The van der Waals surface area contributed by atoms with E-state index in [1.165, 1.54) is 11.8 Å². The minimum atomic E-state index is -0.477. The van der Waals surface area contributed by atoms with Crippen LogP contribution in [0, 0.1) is 0 Å². The lowest BCUT2D eigenvalue weighted by atomic mass is 10.0. The molecular formula is C34H26ClN3O3S. The minimum Gasteiger partial charge on any atom is -0.325 e. The zero-order valence-corrected chi connectivity index (χ0v) is 23.9. The van der Waals surface area contributed by atoms with Gasteiger partial charge in [0, 0.05) is 26.9 Å². The summed E-state index contributed by atoms with van der Waals surface area (Å²) in [5, 5.41) is 11.1. The Labute approximate surface area is 252 Å². The Morgan fingerprint density at radius 2 is 1.43 bits per heavy atom. The summed E-state index contributed by atoms with van der Waals surface area (Å²) < 4.78 is 0. The topological polar surface area (TPSA) is 87.3 Å². The highest BCUT2D eigenvalue weighted by Crippen LogP contribution is 2.24. The summed E-state index contributed by atoms with van der Waals surface area (Å²) in [6, 6.07) is 36.5. The molecule has 3 amide bonds. The molecule has 0 saturated heterocycles. The summed E-state index contributed by atoms with van der Waals surface area (Å²) in [7, 11) is 0. The highest BCUT2D eigenvalue weighted by Gasteiger charge is 2.16. The predicted molar refractivity (Wildman–Crippen MR) is 172 cm³/mol. The fourth-order valence-corrected chi connectivity index (χ4v) is 5.10. The summed E-state index contributed by atoms with van der Waals surface area (Å²) in [6.07, 6.45) is 1.68. The summed E-state index contributed by atoms with van der Waals surface area (Å²) in [4.78, 5) is 39.8. The van der Waals surface area contributed by atoms with Crippen molar-refractivity contribution in [3.8, 4) is 0 Å². The zero-order valence-electron chi connectivity index (χ0n) is 22.3. The van der Waals surface area contributed by atoms with Crippen LogP contribution in [0.4, 0.5) is 11.4 Å². The predicted octanol–water partition coefficient (Wildman–Crippen LogP) is 7.63. The van der Waals surface area contributed by atoms with E-state index < -0.39 is 11.8 Å². The van der Waals surface area contributed by atoms with Gasteiger partial charge in [0.2, 0.25) is 5.91 Å². The number of anilines is 2. The molecule has 0 aliphatic carbocycles. The second kappa shape index (κ2) is 13.7. The van der Waals surface area contributed by atoms with Gasteiger partial charge in [0.1, 0.15) is 5.70 Å². The number of fused-ring (bicyclic) bond motifs is 1. The molecule has 5 aromatic carbocycles. The second-order valence-corrected chi connectivity index (χ2v) is 10.8. The number of rotatable bonds is 9. The molecule has 42 heavy (non-hydrogen) atoms. The minimum absolute atomic E-state index is 0.0978. The summed E-state index contributed by atoms with van der Waals surface area (Å²) in [5.41, 5.74) is 2.52. The maximum atomic E-state index is 13.5. The molecular weight excluding hydrogens is 566 g/mol. The van der Waals surface area contributed by atoms with Crippen molar-refractivity contribution in [2.75, 3.05) is 16.4 Å². The second-order valence-electron chi connectivity index (χ2n) is 9.27. The van der Waals surface area contributed by atoms with E-state index in [1.54, 1.807) is 72.8 Å². The van der Waals surface area contributed by atoms with Crippen LogP contribution in [0.15, 0.2) is 132 Å². The first kappa shape index (κ1) is 28.7. The van der Waals surface area contributed by atoms with E-state index in [9.17, 15) is 14.4 Å². The fraction of sp³-hybridized carbons (Fsp3) is 0.0294. The molecule has 0 fully saturated rings. The Morgan fingerprint density at radius 3 is 2.24 bits per heavy atom. The van der Waals surface area contributed by atoms with Crippen molar-refractivity contribution in [3.63, 3.8) is 0 Å². The van der Waals surface area contributed by atoms with Crippen LogP contribution in [0.2, 0.25) is 5.02 Å². The Balaban J connectivity index is 1.33. The van der Waals surface area contributed by atoms with Crippen LogP contribution in [0.5, 0.6) is 0 Å². The molecule has 6 nitrogen and oxygen atoms in total. The highest BCUT2D eigenvalue weighted by molar-refractivity contribution is 8.00. The molecule has 5 rings (SSSR count). The van der Waals surface area contributed by atoms with E-state index in [2.05, 4.69) is 16.0 Å². The highest BCUT2D eigenvalue weighted by atomic mass is 35.5. The van der Waals surface area contributed by atoms with Gasteiger partial charge in [-0.3, -0.25) is 14.4 Å². The molecule has 0 aliphatic heterocycles. The van der Waals surface area contributed by atoms with Gasteiger partial charge in [0.25, 0.3) is 11.8 Å². The molecule has 208 valence electrons. The third-order valence-corrected chi connectivity index (χ3v) is 7.49. The van der Waals surface area contributed by atoms with Crippen LogP contribution in [-0.4, -0.2) is 23.5 Å². The van der Waals surface area contributed by atoms with Crippen LogP contribution < -0.4 is 16.0 Å². The largest absolute Gasteiger partial charge is 0.325 e. The molecule has 0 bridgehead atoms. The standard InChI is InChI=1S/C34H26ClN3O3S/c35-26-16-18-27(19-17-26)36-32(39)22-42-29-14-7-13-28(21-29)37-34(41)31(38-33(40)24-9-2-1-3-10-24)20-25-12-6-11-23-8-4-5-15-30(23)25/h1-21H,22H2,(H,36,39)(H,37,41)(H,38,40)/b31-20+. The lowest BCUT2D eigenvalue weighted by Crippen LogP contribution is -2.30. The van der Waals surface area contributed by atoms with Crippen molar-refractivity contribution in [1.29, 1.82) is 0 Å². The van der Waals surface area contributed by atoms with E-state index >= 15 is 0 Å². The number of halogens is 1. The first-order valence-corrected chi connectivity index (χ1v) is 14.5. The average molecular weight is 592 g/mol. The maximum absolute atomic E-state index is 13.5. The van der Waals surface area contributed by atoms with Gasteiger partial charge in [-0.2, -0.15) is 0 Å². The smallest absolute Gasteiger partial charge is 0.272 e. The Hall–Kier alpha value is -4.85. The third-order valence-electron chi connectivity index (χ3n) is 6.24. The van der Waals surface area contributed by atoms with E-state index in [1.807, 2.05) is 54.6 Å². The van der Waals surface area contributed by atoms with Crippen molar-refractivity contribution in [1.82, 2.24) is 5.32 Å². The summed E-state index contributed by atoms with van der Waals surface area (Å²) in [5.74, 6) is -0.858. The van der Waals surface area contributed by atoms with Gasteiger partial charge in [0.05, 0.1) is 5.75 Å². The summed E-state index contributed by atoms with van der Waals surface area (Å²) in [6.45, 7) is 0. The molecule has 0 radical (unpaired) electrons. The van der Waals surface area contributed by atoms with Crippen LogP contribution in [-0.2, 0) is 9.59 Å². The number of carbonyl (C=O) groups excluding carboxylic acids is 3. The number of nitrogens with one attached hydrogen (secondary N) is 3. The van der Waals surface area contributed by atoms with Gasteiger partial charge in [-0.25, -0.2) is 0 Å². The number of amides is 3. The molecule has 0 atom stereocenters. The third kappa shape index (κ3) is 7.66. The van der Waals surface area contributed by atoms with Crippen molar-refractivity contribution in [3.05, 3.63) is 143 Å². The molecule has 0 aliphatic rings. The average Bonchev–Trinajstić information content (AvgIpc) is 3.01. The van der Waals surface area contributed by atoms with Crippen molar-refractivity contribution in [2.45, 2.75) is 4.90 Å². The molecule has 8 heteroatoms. The summed E-state index contributed by atoms with van der Waals surface area (Å²) >= 11 is 7.24. The van der Waals surface area contributed by atoms with Gasteiger partial charge in [-0.1, -0.05) is 78.3 Å². The van der Waals surface area contributed by atoms with Crippen LogP contribution in [0.3, 0.4) is 0 Å². The van der Waals surface area contributed by atoms with Crippen molar-refractivity contribution >= 4 is 69.3 Å². The zero-order chi connectivity index (χ0) is 29.3. The monoisotopic (exact) mass is 591 g/mol. The molecule has 0 spiro atoms. The molecule has 0 unspecified atom stereocenters. The van der Waals surface area contributed by atoms with E-state index in [0.29, 0.717) is 22.0 Å². The normalized spacial score (nSPS) is 11.1. The van der Waals surface area contributed by atoms with E-state index in [0.717, 1.165) is 21.2 Å². The van der Waals surface area contributed by atoms with Crippen LogP contribution in [0.25, 0.3) is 16.8 Å². The first-order valence-electron chi connectivity index (χ1n) is 13.1. The van der Waals surface area contributed by atoms with E-state index in [-0.39, 0.29) is 17.4 Å². The lowest BCUT2D eigenvalue weighted by Gasteiger charge is -2.13. The number of hydrogen-bond donors (Lipinski definition) is 3. The Kier molecular flexibility index (Phi) is 9.33. The quantitative estimate of drug-likeness (QED) is 0.121. The fourth-order valence-electron chi connectivity index (χ4n) is 4.22. The number of hydrogen-bond acceptors (Lipinski definition) is 4. The maximum Gasteiger partial charge on any atom is 0.272 e. The van der Waals surface area contributed by atoms with Gasteiger partial charge in [-0.15, -0.1) is 11.8 Å². The number of benzene rings is 5. The van der Waals surface area contributed by atoms with Gasteiger partial charge >= 0.3 is 0 Å². The Morgan fingerprint density at radius 1 is 0.714 bits per heavy atom. The number of carbonyl (C=O) groups is 3.